The molecule has 1 unspecified atom stereocenters. The topological polar surface area (TPSA) is 63.3 Å². The Morgan fingerprint density at radius 3 is 2.50 bits per heavy atom. The second-order valence-electron chi connectivity index (χ2n) is 3.23. The number of halogens is 1. The molecule has 14 heavy (non-hydrogen) atoms. The van der Waals surface area contributed by atoms with Gasteiger partial charge in [-0.3, -0.25) is 4.79 Å². The maximum atomic E-state index is 13.3. The quantitative estimate of drug-likeness (QED) is 0.750. The summed E-state index contributed by atoms with van der Waals surface area (Å²) in [6.07, 6.45) is -0.759. The highest BCUT2D eigenvalue weighted by atomic mass is 19.1. The highest BCUT2D eigenvalue weighted by Crippen LogP contribution is 2.20. The highest BCUT2D eigenvalue weighted by Gasteiger charge is 2.14. The number of carbonyl (C=O) groups excluding carboxylic acids is 1. The maximum Gasteiger partial charge on any atom is 0.251 e. The first-order chi connectivity index (χ1) is 6.43. The molecule has 1 rings (SSSR count). The summed E-state index contributed by atoms with van der Waals surface area (Å²) in [4.78, 5) is 10.8. The van der Waals surface area contributed by atoms with Crippen molar-refractivity contribution in [3.63, 3.8) is 0 Å². The van der Waals surface area contributed by atoms with E-state index in [-0.39, 0.29) is 5.56 Å². The number of amides is 1. The lowest BCUT2D eigenvalue weighted by Crippen LogP contribution is -2.15. The molecule has 3 nitrogen and oxygen atoms in total. The van der Waals surface area contributed by atoms with E-state index in [9.17, 15) is 14.3 Å². The zero-order valence-corrected chi connectivity index (χ0v) is 8.04. The number of rotatable bonds is 2. The van der Waals surface area contributed by atoms with Gasteiger partial charge in [0.1, 0.15) is 5.82 Å². The molecule has 1 aromatic rings. The lowest BCUT2D eigenvalue weighted by atomic mass is 10.0. The van der Waals surface area contributed by atoms with Crippen molar-refractivity contribution in [2.45, 2.75) is 20.0 Å². The molecule has 0 spiro atoms. The molecule has 0 radical (unpaired) electrons. The molecule has 4 heteroatoms. The second-order valence-corrected chi connectivity index (χ2v) is 3.23. The predicted octanol–water partition coefficient (Wildman–Crippen LogP) is 1.29. The summed E-state index contributed by atoms with van der Waals surface area (Å²) in [5.41, 5.74) is 5.76. The Hall–Kier alpha value is -1.42. The lowest BCUT2D eigenvalue weighted by molar-refractivity contribution is 0.0995. The van der Waals surface area contributed by atoms with Gasteiger partial charge in [0, 0.05) is 0 Å². The van der Waals surface area contributed by atoms with E-state index in [1.165, 1.54) is 6.92 Å². The van der Waals surface area contributed by atoms with Crippen LogP contribution in [-0.2, 0) is 0 Å². The molecule has 1 amide bonds. The summed E-state index contributed by atoms with van der Waals surface area (Å²) in [5.74, 6) is -1.48. The number of aliphatic hydroxyl groups excluding tert-OH is 1. The minimum Gasteiger partial charge on any atom is -0.389 e. The van der Waals surface area contributed by atoms with E-state index < -0.39 is 17.8 Å². The molecule has 0 bridgehead atoms. The van der Waals surface area contributed by atoms with Gasteiger partial charge < -0.3 is 10.8 Å². The predicted molar refractivity (Wildman–Crippen MR) is 50.3 cm³/mol. The molecule has 3 N–H and O–H groups in total. The molecule has 0 aromatic heterocycles. The number of aliphatic hydroxyl groups is 1. The molecule has 0 fully saturated rings. The molecule has 76 valence electrons. The van der Waals surface area contributed by atoms with Crippen LogP contribution >= 0.6 is 0 Å². The van der Waals surface area contributed by atoms with E-state index in [0.29, 0.717) is 11.1 Å². The number of benzene rings is 1. The zero-order valence-electron chi connectivity index (χ0n) is 8.04. The number of hydrogen-bond donors (Lipinski definition) is 2. The van der Waals surface area contributed by atoms with E-state index in [2.05, 4.69) is 0 Å². The van der Waals surface area contributed by atoms with E-state index in [1.54, 1.807) is 13.0 Å². The third-order valence-corrected chi connectivity index (χ3v) is 2.04. The Labute approximate surface area is 81.4 Å². The fraction of sp³-hybridized carbons (Fsp3) is 0.300. The Bertz CT molecular complexity index is 351. The van der Waals surface area contributed by atoms with E-state index >= 15 is 0 Å². The summed E-state index contributed by atoms with van der Waals surface area (Å²) in [7, 11) is 0. The first kappa shape index (κ1) is 10.7. The van der Waals surface area contributed by atoms with Crippen molar-refractivity contribution < 1.29 is 14.3 Å². The van der Waals surface area contributed by atoms with Crippen molar-refractivity contribution in [1.29, 1.82) is 0 Å². The Morgan fingerprint density at radius 1 is 1.57 bits per heavy atom. The standard InChI is InChI=1S/C10H12FNO2/c1-5-3-7(6(2)13)4-8(11)9(5)10(12)14/h3-4,6,13H,1-2H3,(H2,12,14). The molecular weight excluding hydrogens is 185 g/mol. The van der Waals surface area contributed by atoms with Gasteiger partial charge in [0.05, 0.1) is 11.7 Å². The molecule has 0 saturated heterocycles. The van der Waals surface area contributed by atoms with Gasteiger partial charge in [-0.25, -0.2) is 4.39 Å². The molecule has 1 atom stereocenters. The average molecular weight is 197 g/mol. The summed E-state index contributed by atoms with van der Waals surface area (Å²) in [6, 6.07) is 2.67. The van der Waals surface area contributed by atoms with Gasteiger partial charge in [-0.05, 0) is 31.0 Å². The molecule has 1 aromatic carbocycles. The van der Waals surface area contributed by atoms with Crippen molar-refractivity contribution in [3.8, 4) is 0 Å². The van der Waals surface area contributed by atoms with Crippen LogP contribution in [0.15, 0.2) is 12.1 Å². The monoisotopic (exact) mass is 197 g/mol. The average Bonchev–Trinajstić information content (AvgIpc) is 2.01. The second kappa shape index (κ2) is 3.75. The maximum absolute atomic E-state index is 13.3. The Morgan fingerprint density at radius 2 is 2.14 bits per heavy atom. The first-order valence-electron chi connectivity index (χ1n) is 4.21. The van der Waals surface area contributed by atoms with E-state index in [4.69, 9.17) is 5.73 Å². The lowest BCUT2D eigenvalue weighted by Gasteiger charge is -2.09. The fourth-order valence-corrected chi connectivity index (χ4v) is 1.32. The van der Waals surface area contributed by atoms with Crippen LogP contribution in [0.5, 0.6) is 0 Å². The summed E-state index contributed by atoms with van der Waals surface area (Å²) >= 11 is 0. The van der Waals surface area contributed by atoms with Gasteiger partial charge in [0.15, 0.2) is 0 Å². The minimum absolute atomic E-state index is 0.116. The number of primary amides is 1. The van der Waals surface area contributed by atoms with Gasteiger partial charge in [0.25, 0.3) is 5.91 Å². The van der Waals surface area contributed by atoms with Crippen molar-refractivity contribution in [2.24, 2.45) is 5.73 Å². The highest BCUT2D eigenvalue weighted by molar-refractivity contribution is 5.94. The van der Waals surface area contributed by atoms with Crippen LogP contribution in [0.4, 0.5) is 4.39 Å². The van der Waals surface area contributed by atoms with Crippen molar-refractivity contribution in [3.05, 3.63) is 34.6 Å². The summed E-state index contributed by atoms with van der Waals surface area (Å²) < 4.78 is 13.3. The van der Waals surface area contributed by atoms with Crippen molar-refractivity contribution >= 4 is 5.91 Å². The molecule has 0 heterocycles. The van der Waals surface area contributed by atoms with Crippen LogP contribution in [0.3, 0.4) is 0 Å². The van der Waals surface area contributed by atoms with Crippen LogP contribution < -0.4 is 5.73 Å². The van der Waals surface area contributed by atoms with E-state index in [0.717, 1.165) is 6.07 Å². The Balaban J connectivity index is 3.32. The van der Waals surface area contributed by atoms with Crippen LogP contribution in [0, 0.1) is 12.7 Å². The van der Waals surface area contributed by atoms with Crippen molar-refractivity contribution in [2.75, 3.05) is 0 Å². The third-order valence-electron chi connectivity index (χ3n) is 2.04. The normalized spacial score (nSPS) is 12.6. The van der Waals surface area contributed by atoms with Crippen LogP contribution in [0.2, 0.25) is 0 Å². The van der Waals surface area contributed by atoms with Gasteiger partial charge in [-0.2, -0.15) is 0 Å². The molecule has 0 aliphatic rings. The molecule has 0 aliphatic heterocycles. The summed E-state index contributed by atoms with van der Waals surface area (Å²) in [5, 5.41) is 9.22. The van der Waals surface area contributed by atoms with Crippen molar-refractivity contribution in [1.82, 2.24) is 0 Å². The molecule has 0 aliphatic carbocycles. The van der Waals surface area contributed by atoms with Gasteiger partial charge >= 0.3 is 0 Å². The number of aryl methyl sites for hydroxylation is 1. The number of hydrogen-bond acceptors (Lipinski definition) is 2. The number of nitrogens with two attached hydrogens (primary N) is 1. The number of carbonyl (C=O) groups is 1. The first-order valence-corrected chi connectivity index (χ1v) is 4.21. The Kier molecular flexibility index (Phi) is 2.86. The largest absolute Gasteiger partial charge is 0.389 e. The molecular formula is C10H12FNO2. The van der Waals surface area contributed by atoms with Gasteiger partial charge in [-0.15, -0.1) is 0 Å². The van der Waals surface area contributed by atoms with Crippen LogP contribution in [-0.4, -0.2) is 11.0 Å². The van der Waals surface area contributed by atoms with Crippen LogP contribution in [0.1, 0.15) is 34.5 Å². The smallest absolute Gasteiger partial charge is 0.251 e. The zero-order chi connectivity index (χ0) is 10.9. The van der Waals surface area contributed by atoms with Crippen LogP contribution in [0.25, 0.3) is 0 Å². The SMILES string of the molecule is Cc1cc(C(C)O)cc(F)c1C(N)=O. The summed E-state index contributed by atoms with van der Waals surface area (Å²) in [6.45, 7) is 3.10. The van der Waals surface area contributed by atoms with E-state index in [1.807, 2.05) is 0 Å². The fourth-order valence-electron chi connectivity index (χ4n) is 1.32. The van der Waals surface area contributed by atoms with Gasteiger partial charge in [0.2, 0.25) is 0 Å². The van der Waals surface area contributed by atoms with Gasteiger partial charge in [-0.1, -0.05) is 6.07 Å². The molecule has 0 saturated carbocycles. The minimum atomic E-state index is -0.794. The third kappa shape index (κ3) is 1.90.